The van der Waals surface area contributed by atoms with Crippen molar-refractivity contribution in [2.45, 2.75) is 0 Å². The highest BCUT2D eigenvalue weighted by Crippen LogP contribution is 2.20. The van der Waals surface area contributed by atoms with Gasteiger partial charge in [-0.25, -0.2) is 4.39 Å². The van der Waals surface area contributed by atoms with E-state index in [0.717, 1.165) is 17.0 Å². The largest absolute Gasteiger partial charge is 0.289 e. The number of pyridine rings is 2. The first-order valence-electron chi connectivity index (χ1n) is 5.74. The highest BCUT2D eigenvalue weighted by molar-refractivity contribution is 6.16. The molecule has 0 aliphatic heterocycles. The summed E-state index contributed by atoms with van der Waals surface area (Å²) in [6.07, 6.45) is 5.76. The lowest BCUT2D eigenvalue weighted by Gasteiger charge is -2.05. The van der Waals surface area contributed by atoms with Gasteiger partial charge < -0.3 is 0 Å². The van der Waals surface area contributed by atoms with Gasteiger partial charge in [0.05, 0.1) is 6.20 Å². The Balaban J connectivity index is 2.17. The van der Waals surface area contributed by atoms with Crippen molar-refractivity contribution in [2.75, 3.05) is 0 Å². The predicted octanol–water partition coefficient (Wildman–Crippen LogP) is 3.00. The summed E-state index contributed by atoms with van der Waals surface area (Å²) in [4.78, 5) is 20.1. The van der Waals surface area contributed by atoms with E-state index in [1.807, 2.05) is 6.07 Å². The summed E-state index contributed by atoms with van der Waals surface area (Å²) in [7, 11) is 0. The van der Waals surface area contributed by atoms with E-state index in [-0.39, 0.29) is 11.3 Å². The van der Waals surface area contributed by atoms with E-state index in [9.17, 15) is 9.18 Å². The van der Waals surface area contributed by atoms with E-state index in [4.69, 9.17) is 0 Å². The summed E-state index contributed by atoms with van der Waals surface area (Å²) in [5.74, 6) is -0.767. The van der Waals surface area contributed by atoms with Crippen LogP contribution in [0.5, 0.6) is 0 Å². The molecule has 0 unspecified atom stereocenters. The van der Waals surface area contributed by atoms with Crippen molar-refractivity contribution in [3.8, 4) is 0 Å². The highest BCUT2D eigenvalue weighted by Gasteiger charge is 2.13. The molecule has 4 heteroatoms. The van der Waals surface area contributed by atoms with Crippen LogP contribution in [0.15, 0.2) is 55.1 Å². The fourth-order valence-corrected chi connectivity index (χ4v) is 2.01. The van der Waals surface area contributed by atoms with Gasteiger partial charge in [-0.1, -0.05) is 18.2 Å². The molecule has 1 aromatic carbocycles. The van der Waals surface area contributed by atoms with Crippen LogP contribution in [0, 0.1) is 5.82 Å². The third-order valence-electron chi connectivity index (χ3n) is 2.89. The van der Waals surface area contributed by atoms with Crippen LogP contribution in [0.4, 0.5) is 4.39 Å². The number of halogens is 1. The predicted molar refractivity (Wildman–Crippen MR) is 69.4 cm³/mol. The fraction of sp³-hybridized carbons (Fsp3) is 0. The third kappa shape index (κ3) is 2.08. The Labute approximate surface area is 108 Å². The van der Waals surface area contributed by atoms with Crippen molar-refractivity contribution in [3.05, 3.63) is 72.1 Å². The minimum atomic E-state index is -0.521. The second kappa shape index (κ2) is 4.57. The summed E-state index contributed by atoms with van der Waals surface area (Å²) >= 11 is 0. The van der Waals surface area contributed by atoms with E-state index < -0.39 is 5.82 Å². The van der Waals surface area contributed by atoms with Gasteiger partial charge in [-0.2, -0.15) is 0 Å². The molecule has 3 nitrogen and oxygen atoms in total. The maximum absolute atomic E-state index is 13.1. The molecule has 0 saturated carbocycles. The SMILES string of the molecule is O=C(c1cncc(F)c1)c1cccc2cnccc12. The fourth-order valence-electron chi connectivity index (χ4n) is 2.01. The Bertz CT molecular complexity index is 765. The minimum Gasteiger partial charge on any atom is -0.289 e. The van der Waals surface area contributed by atoms with Crippen LogP contribution in [-0.2, 0) is 0 Å². The molecule has 2 aromatic heterocycles. The molecule has 0 aliphatic carbocycles. The molecular weight excluding hydrogens is 243 g/mol. The van der Waals surface area contributed by atoms with Crippen LogP contribution >= 0.6 is 0 Å². The molecule has 0 spiro atoms. The topological polar surface area (TPSA) is 42.9 Å². The van der Waals surface area contributed by atoms with Crippen molar-refractivity contribution in [1.82, 2.24) is 9.97 Å². The summed E-state index contributed by atoms with van der Waals surface area (Å²) in [5, 5.41) is 1.67. The van der Waals surface area contributed by atoms with Gasteiger partial charge in [-0.05, 0) is 17.5 Å². The number of carbonyl (C=O) groups excluding carboxylic acids is 1. The van der Waals surface area contributed by atoms with Crippen LogP contribution in [0.25, 0.3) is 10.8 Å². The van der Waals surface area contributed by atoms with Crippen LogP contribution in [0.2, 0.25) is 0 Å². The zero-order valence-electron chi connectivity index (χ0n) is 9.88. The Kier molecular flexibility index (Phi) is 2.76. The molecule has 0 fully saturated rings. The van der Waals surface area contributed by atoms with E-state index in [1.54, 1.807) is 30.6 Å². The van der Waals surface area contributed by atoms with Crippen LogP contribution < -0.4 is 0 Å². The van der Waals surface area contributed by atoms with E-state index in [1.165, 1.54) is 12.3 Å². The minimum absolute atomic E-state index is 0.240. The van der Waals surface area contributed by atoms with Crippen molar-refractivity contribution in [1.29, 1.82) is 0 Å². The highest BCUT2D eigenvalue weighted by atomic mass is 19.1. The number of benzene rings is 1. The number of fused-ring (bicyclic) bond motifs is 1. The van der Waals surface area contributed by atoms with Crippen LogP contribution in [0.1, 0.15) is 15.9 Å². The van der Waals surface area contributed by atoms with Crippen molar-refractivity contribution in [3.63, 3.8) is 0 Å². The number of nitrogens with zero attached hydrogens (tertiary/aromatic N) is 2. The zero-order valence-corrected chi connectivity index (χ0v) is 9.88. The van der Waals surface area contributed by atoms with Crippen molar-refractivity contribution < 1.29 is 9.18 Å². The summed E-state index contributed by atoms with van der Waals surface area (Å²) in [6, 6.07) is 8.34. The average molecular weight is 252 g/mol. The molecule has 0 bridgehead atoms. The quantitative estimate of drug-likeness (QED) is 0.658. The lowest BCUT2D eigenvalue weighted by atomic mass is 9.99. The zero-order chi connectivity index (χ0) is 13.2. The lowest BCUT2D eigenvalue weighted by Crippen LogP contribution is -2.03. The van der Waals surface area contributed by atoms with Crippen LogP contribution in [-0.4, -0.2) is 15.8 Å². The molecular formula is C15H9FN2O. The van der Waals surface area contributed by atoms with Gasteiger partial charge in [0.1, 0.15) is 5.82 Å². The lowest BCUT2D eigenvalue weighted by molar-refractivity contribution is 0.103. The van der Waals surface area contributed by atoms with Gasteiger partial charge >= 0.3 is 0 Å². The maximum Gasteiger partial charge on any atom is 0.195 e. The molecule has 2 heterocycles. The molecule has 0 saturated heterocycles. The summed E-state index contributed by atoms with van der Waals surface area (Å²) < 4.78 is 13.1. The molecule has 0 aliphatic rings. The summed E-state index contributed by atoms with van der Waals surface area (Å²) in [5.41, 5.74) is 0.761. The Morgan fingerprint density at radius 2 is 1.95 bits per heavy atom. The monoisotopic (exact) mass is 252 g/mol. The average Bonchev–Trinajstić information content (AvgIpc) is 2.46. The van der Waals surface area contributed by atoms with Gasteiger partial charge in [0.25, 0.3) is 0 Å². The molecule has 19 heavy (non-hydrogen) atoms. The smallest absolute Gasteiger partial charge is 0.195 e. The van der Waals surface area contributed by atoms with Gasteiger partial charge in [0.15, 0.2) is 5.78 Å². The Morgan fingerprint density at radius 1 is 1.05 bits per heavy atom. The summed E-state index contributed by atoms with van der Waals surface area (Å²) in [6.45, 7) is 0. The number of hydrogen-bond acceptors (Lipinski definition) is 3. The van der Waals surface area contributed by atoms with E-state index >= 15 is 0 Å². The number of rotatable bonds is 2. The Morgan fingerprint density at radius 3 is 2.79 bits per heavy atom. The second-order valence-electron chi connectivity index (χ2n) is 4.12. The number of ketones is 1. The molecule has 92 valence electrons. The van der Waals surface area contributed by atoms with E-state index in [2.05, 4.69) is 9.97 Å². The number of hydrogen-bond donors (Lipinski definition) is 0. The Hall–Kier alpha value is -2.62. The van der Waals surface area contributed by atoms with Gasteiger partial charge in [0.2, 0.25) is 0 Å². The first-order valence-corrected chi connectivity index (χ1v) is 5.74. The first kappa shape index (κ1) is 11.5. The van der Waals surface area contributed by atoms with Crippen molar-refractivity contribution >= 4 is 16.6 Å². The molecule has 0 N–H and O–H groups in total. The van der Waals surface area contributed by atoms with Gasteiger partial charge in [0, 0.05) is 35.1 Å². The number of carbonyl (C=O) groups is 1. The first-order chi connectivity index (χ1) is 9.25. The standard InChI is InChI=1S/C15H9FN2O/c16-12-6-11(8-18-9-12)15(19)14-3-1-2-10-7-17-5-4-13(10)14/h1-9H. The van der Waals surface area contributed by atoms with E-state index in [0.29, 0.717) is 5.56 Å². The second-order valence-corrected chi connectivity index (χ2v) is 4.12. The molecule has 3 aromatic rings. The normalized spacial score (nSPS) is 10.6. The van der Waals surface area contributed by atoms with Gasteiger partial charge in [-0.15, -0.1) is 0 Å². The molecule has 3 rings (SSSR count). The van der Waals surface area contributed by atoms with Gasteiger partial charge in [-0.3, -0.25) is 14.8 Å². The molecule has 0 atom stereocenters. The third-order valence-corrected chi connectivity index (χ3v) is 2.89. The molecule has 0 radical (unpaired) electrons. The molecule has 0 amide bonds. The van der Waals surface area contributed by atoms with Crippen molar-refractivity contribution in [2.24, 2.45) is 0 Å². The maximum atomic E-state index is 13.1. The van der Waals surface area contributed by atoms with Crippen LogP contribution in [0.3, 0.4) is 0 Å². The number of aromatic nitrogens is 2.